The van der Waals surface area contributed by atoms with E-state index < -0.39 is 6.04 Å². The van der Waals surface area contributed by atoms with Gasteiger partial charge in [0.2, 0.25) is 0 Å². The molecule has 3 rings (SSSR count). The summed E-state index contributed by atoms with van der Waals surface area (Å²) in [6.45, 7) is 1.88. The number of hydrogen-bond donors (Lipinski definition) is 1. The minimum Gasteiger partial charge on any atom is -0.507 e. The third-order valence-corrected chi connectivity index (χ3v) is 5.51. The lowest BCUT2D eigenvalue weighted by atomic mass is 10.0. The molecule has 8 heteroatoms. The van der Waals surface area contributed by atoms with Crippen molar-refractivity contribution in [3.63, 3.8) is 0 Å². The second kappa shape index (κ2) is 8.94. The van der Waals surface area contributed by atoms with Crippen molar-refractivity contribution in [1.82, 2.24) is 9.80 Å². The van der Waals surface area contributed by atoms with Gasteiger partial charge in [-0.05, 0) is 35.9 Å². The van der Waals surface area contributed by atoms with Crippen LogP contribution in [0.3, 0.4) is 0 Å². The lowest BCUT2D eigenvalue weighted by molar-refractivity contribution is -0.148. The number of phenols is 1. The van der Waals surface area contributed by atoms with Crippen molar-refractivity contribution in [1.29, 1.82) is 0 Å². The fourth-order valence-electron chi connectivity index (χ4n) is 3.29. The number of carbonyl (C=O) groups is 2. The molecule has 6 nitrogen and oxygen atoms in total. The summed E-state index contributed by atoms with van der Waals surface area (Å²) >= 11 is 9.28. The first kappa shape index (κ1) is 20.6. The van der Waals surface area contributed by atoms with Crippen molar-refractivity contribution in [3.8, 4) is 5.75 Å². The Kier molecular flexibility index (Phi) is 6.59. The number of methoxy groups -OCH3 is 1. The van der Waals surface area contributed by atoms with Crippen molar-refractivity contribution >= 4 is 39.4 Å². The van der Waals surface area contributed by atoms with Gasteiger partial charge in [-0.2, -0.15) is 0 Å². The number of carbonyl (C=O) groups excluding carboxylic acids is 2. The molecule has 2 aromatic rings. The zero-order valence-electron chi connectivity index (χ0n) is 15.3. The van der Waals surface area contributed by atoms with E-state index in [1.165, 1.54) is 13.2 Å². The first-order chi connectivity index (χ1) is 13.4. The van der Waals surface area contributed by atoms with E-state index in [0.29, 0.717) is 31.2 Å². The van der Waals surface area contributed by atoms with Crippen LogP contribution in [-0.4, -0.2) is 60.1 Å². The number of nitrogens with zero attached hydrogens (tertiary/aromatic N) is 2. The molecule has 1 atom stereocenters. The van der Waals surface area contributed by atoms with Crippen LogP contribution < -0.4 is 0 Å². The highest BCUT2D eigenvalue weighted by atomic mass is 79.9. The van der Waals surface area contributed by atoms with E-state index in [1.807, 2.05) is 4.90 Å². The molecular weight excluding hydrogens is 448 g/mol. The summed E-state index contributed by atoms with van der Waals surface area (Å²) in [7, 11) is 1.36. The van der Waals surface area contributed by atoms with Gasteiger partial charge in [-0.1, -0.05) is 39.7 Å². The average molecular weight is 468 g/mol. The second-order valence-corrected chi connectivity index (χ2v) is 7.82. The predicted molar refractivity (Wildman–Crippen MR) is 109 cm³/mol. The number of piperazine rings is 1. The summed E-state index contributed by atoms with van der Waals surface area (Å²) in [6.07, 6.45) is 0. The number of phenolic OH excluding ortho intramolecular Hbond substituents is 1. The minimum absolute atomic E-state index is 0.0516. The molecule has 1 aliphatic rings. The molecule has 0 aliphatic carbocycles. The number of halogens is 2. The molecule has 1 N–H and O–H groups in total. The van der Waals surface area contributed by atoms with Crippen LogP contribution in [0.5, 0.6) is 5.75 Å². The smallest absolute Gasteiger partial charge is 0.327 e. The zero-order valence-corrected chi connectivity index (χ0v) is 17.6. The lowest BCUT2D eigenvalue weighted by Crippen LogP contribution is -2.51. The molecule has 2 aromatic carbocycles. The van der Waals surface area contributed by atoms with E-state index in [0.717, 1.165) is 10.0 Å². The summed E-state index contributed by atoms with van der Waals surface area (Å²) in [5.74, 6) is -0.643. The highest BCUT2D eigenvalue weighted by Gasteiger charge is 2.33. The van der Waals surface area contributed by atoms with Gasteiger partial charge in [0, 0.05) is 35.7 Å². The average Bonchev–Trinajstić information content (AvgIpc) is 2.71. The number of amides is 1. The third-order valence-electron chi connectivity index (χ3n) is 4.77. The Morgan fingerprint density at radius 3 is 2.36 bits per heavy atom. The first-order valence-electron chi connectivity index (χ1n) is 8.76. The number of aromatic hydroxyl groups is 1. The maximum atomic E-state index is 12.8. The summed E-state index contributed by atoms with van der Waals surface area (Å²) in [4.78, 5) is 28.8. The van der Waals surface area contributed by atoms with Gasteiger partial charge in [0.05, 0.1) is 12.7 Å². The Balaban J connectivity index is 1.73. The highest BCUT2D eigenvalue weighted by molar-refractivity contribution is 9.10. The highest BCUT2D eigenvalue weighted by Crippen LogP contribution is 2.27. The van der Waals surface area contributed by atoms with Gasteiger partial charge in [-0.15, -0.1) is 0 Å². The molecule has 0 aromatic heterocycles. The Labute approximate surface area is 176 Å². The monoisotopic (exact) mass is 466 g/mol. The Bertz CT molecular complexity index is 867. The van der Waals surface area contributed by atoms with Crippen molar-refractivity contribution in [2.45, 2.75) is 6.04 Å². The van der Waals surface area contributed by atoms with Gasteiger partial charge in [0.25, 0.3) is 5.91 Å². The zero-order chi connectivity index (χ0) is 20.3. The van der Waals surface area contributed by atoms with Crippen LogP contribution in [0.15, 0.2) is 46.9 Å². The quantitative estimate of drug-likeness (QED) is 0.697. The predicted octanol–water partition coefficient (Wildman–Crippen LogP) is 3.48. The summed E-state index contributed by atoms with van der Waals surface area (Å²) in [6, 6.07) is 11.3. The van der Waals surface area contributed by atoms with Crippen molar-refractivity contribution < 1.29 is 19.4 Å². The normalized spacial score (nSPS) is 15.9. The topological polar surface area (TPSA) is 70.1 Å². The molecule has 1 fully saturated rings. The van der Waals surface area contributed by atoms with E-state index in [4.69, 9.17) is 16.3 Å². The molecule has 1 heterocycles. The lowest BCUT2D eigenvalue weighted by Gasteiger charge is -2.38. The van der Waals surface area contributed by atoms with Crippen molar-refractivity contribution in [2.24, 2.45) is 0 Å². The number of esters is 1. The van der Waals surface area contributed by atoms with Gasteiger partial charge in [0.15, 0.2) is 0 Å². The number of benzene rings is 2. The van der Waals surface area contributed by atoms with Crippen LogP contribution >= 0.6 is 27.5 Å². The second-order valence-electron chi connectivity index (χ2n) is 6.47. The van der Waals surface area contributed by atoms with Crippen LogP contribution in [0, 0.1) is 0 Å². The molecule has 28 heavy (non-hydrogen) atoms. The number of rotatable bonds is 4. The maximum Gasteiger partial charge on any atom is 0.327 e. The minimum atomic E-state index is -0.557. The summed E-state index contributed by atoms with van der Waals surface area (Å²) in [5.41, 5.74) is 1.05. The molecule has 0 radical (unpaired) electrons. The van der Waals surface area contributed by atoms with Crippen molar-refractivity contribution in [3.05, 3.63) is 63.1 Å². The number of ether oxygens (including phenoxy) is 1. The van der Waals surface area contributed by atoms with Crippen LogP contribution in [0.25, 0.3) is 0 Å². The van der Waals surface area contributed by atoms with E-state index in [-0.39, 0.29) is 23.2 Å². The van der Waals surface area contributed by atoms with Crippen LogP contribution in [0.2, 0.25) is 5.02 Å². The van der Waals surface area contributed by atoms with E-state index in [1.54, 1.807) is 41.3 Å². The van der Waals surface area contributed by atoms with Gasteiger partial charge < -0.3 is 14.7 Å². The molecule has 0 saturated carbocycles. The molecule has 148 valence electrons. The van der Waals surface area contributed by atoms with Gasteiger partial charge in [0.1, 0.15) is 11.8 Å². The SMILES string of the molecule is COC(=O)C(c1ccc(Cl)cc1)N1CCN(C(=O)c2cc(Br)ccc2O)CC1. The van der Waals surface area contributed by atoms with Crippen LogP contribution in [0.4, 0.5) is 0 Å². The molecule has 1 unspecified atom stereocenters. The third kappa shape index (κ3) is 4.48. The molecule has 0 bridgehead atoms. The van der Waals surface area contributed by atoms with Crippen LogP contribution in [-0.2, 0) is 9.53 Å². The Hall–Kier alpha value is -2.09. The standard InChI is InChI=1S/C20H20BrClN2O4/c1-28-20(27)18(13-2-5-15(22)6-3-13)23-8-10-24(11-9-23)19(26)16-12-14(21)4-7-17(16)25/h2-7,12,18,25H,8-11H2,1H3. The molecule has 1 aliphatic heterocycles. The van der Waals surface area contributed by atoms with E-state index in [9.17, 15) is 14.7 Å². The molecule has 0 spiro atoms. The van der Waals surface area contributed by atoms with Crippen molar-refractivity contribution in [2.75, 3.05) is 33.3 Å². The first-order valence-corrected chi connectivity index (χ1v) is 9.93. The maximum absolute atomic E-state index is 12.8. The Morgan fingerprint density at radius 1 is 1.11 bits per heavy atom. The Morgan fingerprint density at radius 2 is 1.75 bits per heavy atom. The van der Waals surface area contributed by atoms with Crippen LogP contribution in [0.1, 0.15) is 22.0 Å². The van der Waals surface area contributed by atoms with Gasteiger partial charge in [-0.25, -0.2) is 4.79 Å². The van der Waals surface area contributed by atoms with Gasteiger partial charge in [-0.3, -0.25) is 9.69 Å². The fourth-order valence-corrected chi connectivity index (χ4v) is 3.77. The molecule has 1 saturated heterocycles. The fraction of sp³-hybridized carbons (Fsp3) is 0.300. The summed E-state index contributed by atoms with van der Waals surface area (Å²) in [5, 5.41) is 10.6. The van der Waals surface area contributed by atoms with Gasteiger partial charge >= 0.3 is 5.97 Å². The summed E-state index contributed by atoms with van der Waals surface area (Å²) < 4.78 is 5.71. The van der Waals surface area contributed by atoms with E-state index in [2.05, 4.69) is 15.9 Å². The number of hydrogen-bond acceptors (Lipinski definition) is 5. The molecule has 1 amide bonds. The van der Waals surface area contributed by atoms with E-state index >= 15 is 0 Å². The largest absolute Gasteiger partial charge is 0.507 e. The molecular formula is C20H20BrClN2O4.